The van der Waals surface area contributed by atoms with Crippen LogP contribution in [-0.4, -0.2) is 24.9 Å². The van der Waals surface area contributed by atoms with Crippen molar-refractivity contribution in [1.29, 1.82) is 0 Å². The standard InChI is InChI=1S/C51H45N5/c1-50(2,3)40-30-37(31-41(32-40)51(4,5)6)36-27-38(46-33-52-25-26-53-46)29-39(28-36)47-54-48(44-23-15-13-21-42(44)34-17-9-7-10-18-34)56-49(55-47)45-24-16-14-22-43(45)35-19-11-8-12-20-35/h7-33H,1-6H3. The third kappa shape index (κ3) is 7.67. The van der Waals surface area contributed by atoms with Gasteiger partial charge in [-0.05, 0) is 73.5 Å². The molecule has 56 heavy (non-hydrogen) atoms. The Labute approximate surface area is 330 Å². The molecule has 0 fully saturated rings. The van der Waals surface area contributed by atoms with E-state index in [-0.39, 0.29) is 10.8 Å². The van der Waals surface area contributed by atoms with E-state index >= 15 is 0 Å². The zero-order chi connectivity index (χ0) is 38.9. The average molecular weight is 728 g/mol. The lowest BCUT2D eigenvalue weighted by molar-refractivity contribution is 0.569. The zero-order valence-electron chi connectivity index (χ0n) is 32.8. The summed E-state index contributed by atoms with van der Waals surface area (Å²) in [5.41, 5.74) is 13.4. The molecule has 0 unspecified atom stereocenters. The SMILES string of the molecule is CC(C)(C)c1cc(-c2cc(-c3cnccn3)cc(-c3nc(-c4ccccc4-c4ccccc4)nc(-c4ccccc4-c4ccccc4)n3)c2)cc(C(C)(C)C)c1. The second kappa shape index (κ2) is 14.9. The van der Waals surface area contributed by atoms with Gasteiger partial charge in [0, 0.05) is 34.6 Å². The van der Waals surface area contributed by atoms with Gasteiger partial charge in [0.15, 0.2) is 17.5 Å². The third-order valence-corrected chi connectivity index (χ3v) is 10.2. The summed E-state index contributed by atoms with van der Waals surface area (Å²) in [7, 11) is 0. The molecule has 8 aromatic rings. The molecule has 0 spiro atoms. The van der Waals surface area contributed by atoms with Crippen molar-refractivity contribution in [3.05, 3.63) is 175 Å². The van der Waals surface area contributed by atoms with Crippen LogP contribution in [0.4, 0.5) is 0 Å². The first kappa shape index (κ1) is 36.4. The van der Waals surface area contributed by atoms with E-state index in [2.05, 4.69) is 168 Å². The van der Waals surface area contributed by atoms with Crippen LogP contribution in [0.2, 0.25) is 0 Å². The Hall–Kier alpha value is -6.59. The Morgan fingerprint density at radius 1 is 0.357 bits per heavy atom. The largest absolute Gasteiger partial charge is 0.261 e. The fourth-order valence-corrected chi connectivity index (χ4v) is 7.02. The number of hydrogen-bond acceptors (Lipinski definition) is 5. The summed E-state index contributed by atoms with van der Waals surface area (Å²) in [6, 6.07) is 51.1. The number of aromatic nitrogens is 5. The van der Waals surface area contributed by atoms with Crippen LogP contribution in [0.15, 0.2) is 164 Å². The Balaban J connectivity index is 1.41. The molecule has 2 heterocycles. The summed E-state index contributed by atoms with van der Waals surface area (Å²) >= 11 is 0. The van der Waals surface area contributed by atoms with Gasteiger partial charge >= 0.3 is 0 Å². The molecule has 0 N–H and O–H groups in total. The monoisotopic (exact) mass is 727 g/mol. The van der Waals surface area contributed by atoms with Crippen molar-refractivity contribution in [3.8, 4) is 78.8 Å². The molecule has 5 nitrogen and oxygen atoms in total. The van der Waals surface area contributed by atoms with Crippen LogP contribution < -0.4 is 0 Å². The Morgan fingerprint density at radius 3 is 1.27 bits per heavy atom. The maximum absolute atomic E-state index is 5.31. The topological polar surface area (TPSA) is 64.5 Å². The van der Waals surface area contributed by atoms with Crippen molar-refractivity contribution in [1.82, 2.24) is 24.9 Å². The third-order valence-electron chi connectivity index (χ3n) is 10.2. The second-order valence-electron chi connectivity index (χ2n) is 16.3. The van der Waals surface area contributed by atoms with Gasteiger partial charge in [0.05, 0.1) is 11.9 Å². The van der Waals surface area contributed by atoms with Crippen LogP contribution in [0.1, 0.15) is 52.7 Å². The Bertz CT molecular complexity index is 2500. The van der Waals surface area contributed by atoms with Crippen molar-refractivity contribution in [2.75, 3.05) is 0 Å². The highest BCUT2D eigenvalue weighted by molar-refractivity contribution is 5.86. The van der Waals surface area contributed by atoms with Gasteiger partial charge in [-0.1, -0.05) is 169 Å². The predicted octanol–water partition coefficient (Wildman–Crippen LogP) is 12.9. The lowest BCUT2D eigenvalue weighted by atomic mass is 9.78. The minimum atomic E-state index is -0.0440. The molecule has 0 radical (unpaired) electrons. The quantitative estimate of drug-likeness (QED) is 0.164. The van der Waals surface area contributed by atoms with E-state index in [1.807, 2.05) is 30.5 Å². The summed E-state index contributed by atoms with van der Waals surface area (Å²) < 4.78 is 0. The maximum atomic E-state index is 5.31. The van der Waals surface area contributed by atoms with Crippen LogP contribution >= 0.6 is 0 Å². The molecule has 0 saturated heterocycles. The van der Waals surface area contributed by atoms with Gasteiger partial charge in [-0.25, -0.2) is 15.0 Å². The molecule has 8 rings (SSSR count). The lowest BCUT2D eigenvalue weighted by Crippen LogP contribution is -2.16. The summed E-state index contributed by atoms with van der Waals surface area (Å²) in [6.45, 7) is 13.6. The Morgan fingerprint density at radius 2 is 0.786 bits per heavy atom. The molecule has 0 amide bonds. The van der Waals surface area contributed by atoms with Gasteiger partial charge in [0.1, 0.15) is 0 Å². The van der Waals surface area contributed by atoms with E-state index in [0.717, 1.165) is 61.3 Å². The van der Waals surface area contributed by atoms with E-state index in [1.54, 1.807) is 12.4 Å². The molecule has 0 aliphatic heterocycles. The molecular formula is C51H45N5. The molecule has 0 atom stereocenters. The molecule has 0 aliphatic carbocycles. The normalized spacial score (nSPS) is 11.8. The van der Waals surface area contributed by atoms with Gasteiger partial charge in [-0.2, -0.15) is 0 Å². The van der Waals surface area contributed by atoms with Crippen molar-refractivity contribution in [2.24, 2.45) is 0 Å². The summed E-state index contributed by atoms with van der Waals surface area (Å²) in [6.07, 6.45) is 5.25. The zero-order valence-corrected chi connectivity index (χ0v) is 32.8. The predicted molar refractivity (Wildman–Crippen MR) is 231 cm³/mol. The van der Waals surface area contributed by atoms with E-state index in [0.29, 0.717) is 17.5 Å². The maximum Gasteiger partial charge on any atom is 0.164 e. The lowest BCUT2D eigenvalue weighted by Gasteiger charge is -2.26. The van der Waals surface area contributed by atoms with E-state index < -0.39 is 0 Å². The highest BCUT2D eigenvalue weighted by atomic mass is 15.0. The first-order chi connectivity index (χ1) is 27.0. The molecule has 0 bridgehead atoms. The molecule has 0 aliphatic rings. The van der Waals surface area contributed by atoms with E-state index in [4.69, 9.17) is 19.9 Å². The highest BCUT2D eigenvalue weighted by Gasteiger charge is 2.23. The molecule has 0 saturated carbocycles. The fourth-order valence-electron chi connectivity index (χ4n) is 7.02. The summed E-state index contributed by atoms with van der Waals surface area (Å²) in [5.74, 6) is 1.78. The van der Waals surface area contributed by atoms with Crippen molar-refractivity contribution >= 4 is 0 Å². The number of benzene rings is 6. The van der Waals surface area contributed by atoms with Crippen LogP contribution in [-0.2, 0) is 10.8 Å². The molecular weight excluding hydrogens is 683 g/mol. The molecule has 5 heteroatoms. The van der Waals surface area contributed by atoms with Crippen LogP contribution in [0, 0.1) is 0 Å². The highest BCUT2D eigenvalue weighted by Crippen LogP contribution is 2.39. The van der Waals surface area contributed by atoms with Crippen LogP contribution in [0.5, 0.6) is 0 Å². The number of rotatable bonds is 7. The first-order valence-corrected chi connectivity index (χ1v) is 19.2. The van der Waals surface area contributed by atoms with Crippen molar-refractivity contribution in [3.63, 3.8) is 0 Å². The first-order valence-electron chi connectivity index (χ1n) is 19.2. The number of hydrogen-bond donors (Lipinski definition) is 0. The summed E-state index contributed by atoms with van der Waals surface area (Å²) in [4.78, 5) is 25.1. The van der Waals surface area contributed by atoms with Gasteiger partial charge in [-0.3, -0.25) is 9.97 Å². The molecule has 2 aromatic heterocycles. The minimum absolute atomic E-state index is 0.0440. The van der Waals surface area contributed by atoms with E-state index in [9.17, 15) is 0 Å². The van der Waals surface area contributed by atoms with Crippen molar-refractivity contribution in [2.45, 2.75) is 52.4 Å². The van der Waals surface area contributed by atoms with Crippen LogP contribution in [0.3, 0.4) is 0 Å². The van der Waals surface area contributed by atoms with Crippen molar-refractivity contribution < 1.29 is 0 Å². The molecule has 6 aromatic carbocycles. The number of nitrogens with zero attached hydrogens (tertiary/aromatic N) is 5. The smallest absolute Gasteiger partial charge is 0.164 e. The summed E-state index contributed by atoms with van der Waals surface area (Å²) in [5, 5.41) is 0. The van der Waals surface area contributed by atoms with Gasteiger partial charge in [0.2, 0.25) is 0 Å². The van der Waals surface area contributed by atoms with Gasteiger partial charge in [0.25, 0.3) is 0 Å². The average Bonchev–Trinajstić information content (AvgIpc) is 3.23. The minimum Gasteiger partial charge on any atom is -0.261 e. The van der Waals surface area contributed by atoms with Gasteiger partial charge in [-0.15, -0.1) is 0 Å². The van der Waals surface area contributed by atoms with E-state index in [1.165, 1.54) is 11.1 Å². The van der Waals surface area contributed by atoms with Crippen LogP contribution in [0.25, 0.3) is 78.8 Å². The Kier molecular flexibility index (Phi) is 9.69. The molecule has 274 valence electrons. The fraction of sp³-hybridized carbons (Fsp3) is 0.157. The van der Waals surface area contributed by atoms with Gasteiger partial charge < -0.3 is 0 Å². The second-order valence-corrected chi connectivity index (χ2v) is 16.3.